The summed E-state index contributed by atoms with van der Waals surface area (Å²) >= 11 is 0. The number of nitrogens with zero attached hydrogens (tertiary/aromatic N) is 1. The molecule has 16 heavy (non-hydrogen) atoms. The van der Waals surface area contributed by atoms with Crippen molar-refractivity contribution in [2.24, 2.45) is 0 Å². The SMILES string of the molecule is O=C1C=C[C@H]([C@@H](C[N+](=O)[O-])c2ccco2)O1. The summed E-state index contributed by atoms with van der Waals surface area (Å²) in [5.41, 5.74) is 0. The zero-order valence-electron chi connectivity index (χ0n) is 8.24. The Bertz CT molecular complexity index is 422. The van der Waals surface area contributed by atoms with Crippen molar-refractivity contribution in [2.45, 2.75) is 12.0 Å². The lowest BCUT2D eigenvalue weighted by Crippen LogP contribution is -2.25. The van der Waals surface area contributed by atoms with Crippen molar-refractivity contribution in [2.75, 3.05) is 6.54 Å². The van der Waals surface area contributed by atoms with E-state index in [1.165, 1.54) is 18.4 Å². The van der Waals surface area contributed by atoms with Crippen molar-refractivity contribution in [1.82, 2.24) is 0 Å². The van der Waals surface area contributed by atoms with Gasteiger partial charge in [0, 0.05) is 11.0 Å². The van der Waals surface area contributed by atoms with Gasteiger partial charge in [-0.05, 0) is 18.2 Å². The summed E-state index contributed by atoms with van der Waals surface area (Å²) in [6.45, 7) is -0.338. The Morgan fingerprint density at radius 3 is 2.88 bits per heavy atom. The minimum Gasteiger partial charge on any atom is -0.469 e. The van der Waals surface area contributed by atoms with Gasteiger partial charge in [0.05, 0.1) is 6.26 Å². The molecule has 84 valence electrons. The van der Waals surface area contributed by atoms with E-state index in [1.54, 1.807) is 12.1 Å². The average molecular weight is 223 g/mol. The Morgan fingerprint density at radius 1 is 1.56 bits per heavy atom. The molecule has 1 aliphatic heterocycles. The van der Waals surface area contributed by atoms with Gasteiger partial charge in [-0.3, -0.25) is 10.1 Å². The lowest BCUT2D eigenvalue weighted by molar-refractivity contribution is -0.485. The summed E-state index contributed by atoms with van der Waals surface area (Å²) in [5, 5.41) is 10.5. The van der Waals surface area contributed by atoms with Gasteiger partial charge in [-0.15, -0.1) is 0 Å². The fourth-order valence-electron chi connectivity index (χ4n) is 1.62. The third-order valence-electron chi connectivity index (χ3n) is 2.33. The van der Waals surface area contributed by atoms with Crippen LogP contribution in [0.5, 0.6) is 0 Å². The molecule has 2 rings (SSSR count). The third kappa shape index (κ3) is 2.10. The minimum atomic E-state index is -0.621. The van der Waals surface area contributed by atoms with Crippen LogP contribution in [0.4, 0.5) is 0 Å². The predicted octanol–water partition coefficient (Wildman–Crippen LogP) is 1.12. The van der Waals surface area contributed by atoms with Gasteiger partial charge in [-0.2, -0.15) is 0 Å². The number of hydrogen-bond donors (Lipinski definition) is 0. The van der Waals surface area contributed by atoms with E-state index < -0.39 is 22.9 Å². The molecular formula is C10H9NO5. The summed E-state index contributed by atoms with van der Waals surface area (Å²) in [6.07, 6.45) is 3.59. The molecule has 6 heteroatoms. The number of carbonyl (C=O) groups is 1. The molecule has 2 atom stereocenters. The van der Waals surface area contributed by atoms with E-state index in [-0.39, 0.29) is 6.54 Å². The monoisotopic (exact) mass is 223 g/mol. The van der Waals surface area contributed by atoms with Gasteiger partial charge >= 0.3 is 5.97 Å². The molecule has 6 nitrogen and oxygen atoms in total. The molecular weight excluding hydrogens is 214 g/mol. The van der Waals surface area contributed by atoms with Crippen molar-refractivity contribution in [3.8, 4) is 0 Å². The van der Waals surface area contributed by atoms with E-state index in [4.69, 9.17) is 9.15 Å². The van der Waals surface area contributed by atoms with Crippen molar-refractivity contribution < 1.29 is 18.9 Å². The molecule has 0 bridgehead atoms. The first kappa shape index (κ1) is 10.4. The standard InChI is InChI=1S/C10H9NO5/c12-10-4-3-9(16-10)7(6-11(13)14)8-2-1-5-15-8/h1-5,7,9H,6H2/t7-,9+/m0/s1. The molecule has 0 saturated carbocycles. The highest BCUT2D eigenvalue weighted by atomic mass is 16.6. The summed E-state index contributed by atoms with van der Waals surface area (Å²) in [5.74, 6) is -0.612. The maximum Gasteiger partial charge on any atom is 0.331 e. The van der Waals surface area contributed by atoms with Gasteiger partial charge in [-0.1, -0.05) is 0 Å². The number of esters is 1. The molecule has 0 aliphatic carbocycles. The van der Waals surface area contributed by atoms with E-state index in [1.807, 2.05) is 0 Å². The molecule has 1 aromatic heterocycles. The van der Waals surface area contributed by atoms with Gasteiger partial charge in [0.25, 0.3) is 0 Å². The summed E-state index contributed by atoms with van der Waals surface area (Å²) in [4.78, 5) is 21.0. The summed E-state index contributed by atoms with van der Waals surface area (Å²) < 4.78 is 10.0. The fourth-order valence-corrected chi connectivity index (χ4v) is 1.62. The molecule has 0 aromatic carbocycles. The number of ether oxygens (including phenoxy) is 1. The maximum atomic E-state index is 10.9. The highest BCUT2D eigenvalue weighted by molar-refractivity contribution is 5.84. The average Bonchev–Trinajstić information content (AvgIpc) is 2.84. The van der Waals surface area contributed by atoms with Crippen LogP contribution in [0.2, 0.25) is 0 Å². The smallest absolute Gasteiger partial charge is 0.331 e. The highest BCUT2D eigenvalue weighted by Crippen LogP contribution is 2.26. The van der Waals surface area contributed by atoms with Crippen LogP contribution in [-0.2, 0) is 9.53 Å². The Hall–Kier alpha value is -2.11. The highest BCUT2D eigenvalue weighted by Gasteiger charge is 2.33. The number of carbonyl (C=O) groups excluding carboxylic acids is 1. The first-order valence-corrected chi connectivity index (χ1v) is 4.71. The molecule has 0 fully saturated rings. The van der Waals surface area contributed by atoms with Gasteiger partial charge in [0.15, 0.2) is 0 Å². The third-order valence-corrected chi connectivity index (χ3v) is 2.33. The lowest BCUT2D eigenvalue weighted by Gasteiger charge is -2.15. The van der Waals surface area contributed by atoms with Crippen molar-refractivity contribution in [3.63, 3.8) is 0 Å². The molecule has 1 aliphatic rings. The topological polar surface area (TPSA) is 82.6 Å². The van der Waals surface area contributed by atoms with Gasteiger partial charge < -0.3 is 9.15 Å². The second kappa shape index (κ2) is 4.18. The normalized spacial score (nSPS) is 20.8. The van der Waals surface area contributed by atoms with Crippen LogP contribution in [0, 0.1) is 10.1 Å². The Balaban J connectivity index is 2.18. The van der Waals surface area contributed by atoms with E-state index in [9.17, 15) is 14.9 Å². The van der Waals surface area contributed by atoms with E-state index >= 15 is 0 Å². The largest absolute Gasteiger partial charge is 0.469 e. The minimum absolute atomic E-state index is 0.338. The van der Waals surface area contributed by atoms with Crippen molar-refractivity contribution in [3.05, 3.63) is 46.4 Å². The zero-order chi connectivity index (χ0) is 11.5. The van der Waals surface area contributed by atoms with E-state index in [0.717, 1.165) is 0 Å². The second-order valence-corrected chi connectivity index (χ2v) is 3.40. The van der Waals surface area contributed by atoms with Crippen molar-refractivity contribution in [1.29, 1.82) is 0 Å². The number of cyclic esters (lactones) is 1. The first-order chi connectivity index (χ1) is 7.66. The van der Waals surface area contributed by atoms with Crippen LogP contribution in [0.3, 0.4) is 0 Å². The number of rotatable bonds is 4. The molecule has 2 heterocycles. The maximum absolute atomic E-state index is 10.9. The molecule has 0 radical (unpaired) electrons. The first-order valence-electron chi connectivity index (χ1n) is 4.71. The number of nitro groups is 1. The molecule has 0 unspecified atom stereocenters. The van der Waals surface area contributed by atoms with E-state index in [2.05, 4.69) is 0 Å². The molecule has 0 saturated heterocycles. The fraction of sp³-hybridized carbons (Fsp3) is 0.300. The zero-order valence-corrected chi connectivity index (χ0v) is 8.24. The molecule has 0 N–H and O–H groups in total. The second-order valence-electron chi connectivity index (χ2n) is 3.40. The van der Waals surface area contributed by atoms with Gasteiger partial charge in [0.2, 0.25) is 6.54 Å². The van der Waals surface area contributed by atoms with Crippen LogP contribution in [0.15, 0.2) is 35.0 Å². The quantitative estimate of drug-likeness (QED) is 0.434. The van der Waals surface area contributed by atoms with E-state index in [0.29, 0.717) is 5.76 Å². The van der Waals surface area contributed by atoms with Crippen LogP contribution in [0.25, 0.3) is 0 Å². The van der Waals surface area contributed by atoms with Crippen LogP contribution < -0.4 is 0 Å². The number of furan rings is 1. The van der Waals surface area contributed by atoms with Crippen molar-refractivity contribution >= 4 is 5.97 Å². The Kier molecular flexibility index (Phi) is 2.72. The summed E-state index contributed by atoms with van der Waals surface area (Å²) in [7, 11) is 0. The predicted molar refractivity (Wildman–Crippen MR) is 52.3 cm³/mol. The molecule has 0 amide bonds. The Morgan fingerprint density at radius 2 is 2.38 bits per heavy atom. The van der Waals surface area contributed by atoms with Crippen LogP contribution in [0.1, 0.15) is 11.7 Å². The van der Waals surface area contributed by atoms with Gasteiger partial charge in [0.1, 0.15) is 17.8 Å². The lowest BCUT2D eigenvalue weighted by atomic mass is 10.00. The van der Waals surface area contributed by atoms with Crippen LogP contribution in [-0.4, -0.2) is 23.5 Å². The molecule has 1 aromatic rings. The number of hydrogen-bond acceptors (Lipinski definition) is 5. The molecule has 0 spiro atoms. The van der Waals surface area contributed by atoms with Crippen LogP contribution >= 0.6 is 0 Å². The summed E-state index contributed by atoms with van der Waals surface area (Å²) in [6, 6.07) is 3.27. The Labute approximate surface area is 90.6 Å². The van der Waals surface area contributed by atoms with Gasteiger partial charge in [-0.25, -0.2) is 4.79 Å².